The molecule has 0 saturated heterocycles. The maximum absolute atomic E-state index is 11.8. The van der Waals surface area contributed by atoms with E-state index >= 15 is 0 Å². The molecule has 134 valence electrons. The zero-order valence-electron chi connectivity index (χ0n) is 14.0. The fourth-order valence-corrected chi connectivity index (χ4v) is 2.05. The fraction of sp³-hybridized carbons (Fsp3) is 0.150. The third kappa shape index (κ3) is 6.24. The maximum atomic E-state index is 11.8. The van der Waals surface area contributed by atoms with Gasteiger partial charge in [0.15, 0.2) is 24.1 Å². The molecule has 0 fully saturated rings. The summed E-state index contributed by atoms with van der Waals surface area (Å²) in [6.45, 7) is -0.0850. The molecule has 0 aliphatic heterocycles. The van der Waals surface area contributed by atoms with Gasteiger partial charge in [-0.05, 0) is 29.3 Å². The van der Waals surface area contributed by atoms with Crippen LogP contribution in [-0.4, -0.2) is 31.8 Å². The first-order valence-corrected chi connectivity index (χ1v) is 7.88. The van der Waals surface area contributed by atoms with Crippen molar-refractivity contribution >= 4 is 24.6 Å². The van der Waals surface area contributed by atoms with Crippen molar-refractivity contribution in [3.05, 3.63) is 65.7 Å². The van der Waals surface area contributed by atoms with Crippen LogP contribution in [0.1, 0.15) is 11.1 Å². The zero-order valence-corrected chi connectivity index (χ0v) is 14.0. The molecule has 0 radical (unpaired) electrons. The lowest BCUT2D eigenvalue weighted by molar-refractivity contribution is -0.138. The van der Waals surface area contributed by atoms with Crippen molar-refractivity contribution in [2.75, 3.05) is 13.2 Å². The average Bonchev–Trinajstić information content (AvgIpc) is 2.69. The van der Waals surface area contributed by atoms with Crippen LogP contribution >= 0.6 is 0 Å². The summed E-state index contributed by atoms with van der Waals surface area (Å²) in [5, 5.41) is 0. The van der Waals surface area contributed by atoms with Crippen LogP contribution in [0.2, 0.25) is 0 Å². The van der Waals surface area contributed by atoms with Gasteiger partial charge >= 0.3 is 5.97 Å². The first-order valence-electron chi connectivity index (χ1n) is 7.88. The van der Waals surface area contributed by atoms with E-state index in [1.807, 2.05) is 30.3 Å². The lowest BCUT2D eigenvalue weighted by atomic mass is 10.2. The second kappa shape index (κ2) is 10.5. The lowest BCUT2D eigenvalue weighted by Crippen LogP contribution is -2.03. The molecule has 0 saturated carbocycles. The summed E-state index contributed by atoms with van der Waals surface area (Å²) < 4.78 is 15.7. The standard InChI is InChI=1S/C20H18O6/c21-10-12-24-18-8-6-16(14-19(18)25-13-11-22)7-9-20(23)26-15-17-4-2-1-3-5-17/h1-11,14H,12-13,15H2. The number of carbonyl (C=O) groups is 3. The zero-order chi connectivity index (χ0) is 18.6. The van der Waals surface area contributed by atoms with Gasteiger partial charge in [0, 0.05) is 6.08 Å². The Labute approximate surface area is 151 Å². The molecule has 0 spiro atoms. The lowest BCUT2D eigenvalue weighted by Gasteiger charge is -2.10. The van der Waals surface area contributed by atoms with E-state index < -0.39 is 5.97 Å². The van der Waals surface area contributed by atoms with Gasteiger partial charge in [0.05, 0.1) is 0 Å². The highest BCUT2D eigenvalue weighted by Crippen LogP contribution is 2.28. The predicted octanol–water partition coefficient (Wildman–Crippen LogP) is 2.60. The topological polar surface area (TPSA) is 78.9 Å². The molecule has 6 heteroatoms. The number of rotatable bonds is 10. The van der Waals surface area contributed by atoms with Crippen LogP contribution in [0.15, 0.2) is 54.6 Å². The van der Waals surface area contributed by atoms with Gasteiger partial charge in [-0.3, -0.25) is 9.59 Å². The highest BCUT2D eigenvalue weighted by molar-refractivity contribution is 5.87. The average molecular weight is 354 g/mol. The van der Waals surface area contributed by atoms with Crippen LogP contribution in [0.3, 0.4) is 0 Å². The SMILES string of the molecule is O=CCOc1ccc(C=CC(=O)OCc2ccccc2)cc1OCC=O. The number of ether oxygens (including phenoxy) is 3. The molecule has 2 aromatic rings. The van der Waals surface area contributed by atoms with Gasteiger partial charge in [0.2, 0.25) is 0 Å². The summed E-state index contributed by atoms with van der Waals surface area (Å²) >= 11 is 0. The van der Waals surface area contributed by atoms with Crippen molar-refractivity contribution in [1.29, 1.82) is 0 Å². The predicted molar refractivity (Wildman–Crippen MR) is 94.8 cm³/mol. The van der Waals surface area contributed by atoms with E-state index in [4.69, 9.17) is 14.2 Å². The fourth-order valence-electron chi connectivity index (χ4n) is 2.05. The van der Waals surface area contributed by atoms with Crippen molar-refractivity contribution in [2.24, 2.45) is 0 Å². The highest BCUT2D eigenvalue weighted by atomic mass is 16.5. The van der Waals surface area contributed by atoms with Crippen LogP contribution in [0.5, 0.6) is 11.5 Å². The number of carbonyl (C=O) groups excluding carboxylic acids is 3. The Bertz CT molecular complexity index is 767. The van der Waals surface area contributed by atoms with Crippen molar-refractivity contribution in [3.63, 3.8) is 0 Å². The molecule has 2 rings (SSSR count). The Balaban J connectivity index is 2.00. The molecule has 0 heterocycles. The van der Waals surface area contributed by atoms with Crippen molar-refractivity contribution in [2.45, 2.75) is 6.61 Å². The molecule has 0 bridgehead atoms. The second-order valence-electron chi connectivity index (χ2n) is 5.09. The minimum atomic E-state index is -0.481. The minimum absolute atomic E-state index is 0.127. The highest BCUT2D eigenvalue weighted by Gasteiger charge is 2.06. The van der Waals surface area contributed by atoms with Crippen LogP contribution < -0.4 is 9.47 Å². The van der Waals surface area contributed by atoms with Crippen molar-refractivity contribution < 1.29 is 28.6 Å². The third-order valence-electron chi connectivity index (χ3n) is 3.22. The van der Waals surface area contributed by atoms with E-state index in [-0.39, 0.29) is 19.8 Å². The number of hydrogen-bond donors (Lipinski definition) is 0. The Morgan fingerprint density at radius 1 is 0.885 bits per heavy atom. The smallest absolute Gasteiger partial charge is 0.331 e. The monoisotopic (exact) mass is 354 g/mol. The summed E-state index contributed by atoms with van der Waals surface area (Å²) in [7, 11) is 0. The maximum Gasteiger partial charge on any atom is 0.331 e. The molecule has 0 aliphatic rings. The molecule has 6 nitrogen and oxygen atoms in total. The third-order valence-corrected chi connectivity index (χ3v) is 3.22. The second-order valence-corrected chi connectivity index (χ2v) is 5.09. The van der Waals surface area contributed by atoms with Gasteiger partial charge < -0.3 is 14.2 Å². The van der Waals surface area contributed by atoms with Crippen LogP contribution in [0.25, 0.3) is 6.08 Å². The minimum Gasteiger partial charge on any atom is -0.482 e. The summed E-state index contributed by atoms with van der Waals surface area (Å²) in [4.78, 5) is 32.7. The largest absolute Gasteiger partial charge is 0.482 e. The first kappa shape index (κ1) is 18.9. The molecule has 0 unspecified atom stereocenters. The summed E-state index contributed by atoms with van der Waals surface area (Å²) in [6.07, 6.45) is 4.07. The molecule has 0 amide bonds. The van der Waals surface area contributed by atoms with Gasteiger partial charge in [0.1, 0.15) is 19.8 Å². The van der Waals surface area contributed by atoms with E-state index in [1.54, 1.807) is 24.3 Å². The molecular formula is C20H18O6. The Morgan fingerprint density at radius 2 is 1.58 bits per heavy atom. The normalized spacial score (nSPS) is 10.3. The van der Waals surface area contributed by atoms with Gasteiger partial charge in [-0.25, -0.2) is 4.79 Å². The van der Waals surface area contributed by atoms with Crippen molar-refractivity contribution in [1.82, 2.24) is 0 Å². The Morgan fingerprint density at radius 3 is 2.27 bits per heavy atom. The summed E-state index contributed by atoms with van der Waals surface area (Å²) in [6, 6.07) is 14.2. The number of esters is 1. The number of hydrogen-bond acceptors (Lipinski definition) is 6. The first-order chi connectivity index (χ1) is 12.7. The number of benzene rings is 2. The van der Waals surface area contributed by atoms with Gasteiger partial charge in [-0.2, -0.15) is 0 Å². The number of aldehydes is 2. The van der Waals surface area contributed by atoms with Gasteiger partial charge in [0.25, 0.3) is 0 Å². The van der Waals surface area contributed by atoms with E-state index in [0.29, 0.717) is 29.6 Å². The Hall–Kier alpha value is -3.41. The molecule has 0 atom stereocenters. The molecule has 26 heavy (non-hydrogen) atoms. The van der Waals surface area contributed by atoms with E-state index in [1.165, 1.54) is 6.08 Å². The Kier molecular flexibility index (Phi) is 7.61. The summed E-state index contributed by atoms with van der Waals surface area (Å²) in [5.41, 5.74) is 1.55. The van der Waals surface area contributed by atoms with Crippen LogP contribution in [0.4, 0.5) is 0 Å². The van der Waals surface area contributed by atoms with Crippen molar-refractivity contribution in [3.8, 4) is 11.5 Å². The van der Waals surface area contributed by atoms with E-state index in [9.17, 15) is 14.4 Å². The van der Waals surface area contributed by atoms with Gasteiger partial charge in [-0.1, -0.05) is 36.4 Å². The van der Waals surface area contributed by atoms with E-state index in [0.717, 1.165) is 5.56 Å². The molecule has 0 aliphatic carbocycles. The summed E-state index contributed by atoms with van der Waals surface area (Å²) in [5.74, 6) is 0.159. The molecular weight excluding hydrogens is 336 g/mol. The molecule has 0 aromatic heterocycles. The molecule has 2 aromatic carbocycles. The molecule has 0 N–H and O–H groups in total. The van der Waals surface area contributed by atoms with E-state index in [2.05, 4.69) is 0 Å². The quantitative estimate of drug-likeness (QED) is 0.371. The van der Waals surface area contributed by atoms with Gasteiger partial charge in [-0.15, -0.1) is 0 Å². The van der Waals surface area contributed by atoms with Crippen LogP contribution in [-0.2, 0) is 25.7 Å². The van der Waals surface area contributed by atoms with Crippen LogP contribution in [0, 0.1) is 0 Å².